The lowest BCUT2D eigenvalue weighted by atomic mass is 9.47. The van der Waals surface area contributed by atoms with Crippen LogP contribution < -0.4 is 0 Å². The molecule has 0 heterocycles. The van der Waals surface area contributed by atoms with E-state index in [1.165, 1.54) is 32.1 Å². The highest BCUT2D eigenvalue weighted by atomic mass is 16.3. The van der Waals surface area contributed by atoms with Gasteiger partial charge in [-0.05, 0) is 124 Å². The molecule has 0 spiro atoms. The predicted molar refractivity (Wildman–Crippen MR) is 132 cm³/mol. The van der Waals surface area contributed by atoms with Crippen molar-refractivity contribution in [2.45, 2.75) is 123 Å². The number of hydrogen-bond donors (Lipinski definition) is 2. The zero-order valence-electron chi connectivity index (χ0n) is 21.6. The van der Waals surface area contributed by atoms with Crippen molar-refractivity contribution in [1.82, 2.24) is 0 Å². The molecule has 0 amide bonds. The molecule has 5 aliphatic carbocycles. The van der Waals surface area contributed by atoms with Crippen LogP contribution in [0.1, 0.15) is 111 Å². The molecule has 5 rings (SSSR count). The van der Waals surface area contributed by atoms with Gasteiger partial charge in [0, 0.05) is 0 Å². The third-order valence-electron chi connectivity index (χ3n) is 12.1. The minimum absolute atomic E-state index is 0.301. The third kappa shape index (κ3) is 3.65. The topological polar surface area (TPSA) is 64.2 Å². The van der Waals surface area contributed by atoms with Crippen molar-refractivity contribution in [3.05, 3.63) is 11.6 Å². The average molecular weight is 454 g/mol. The van der Waals surface area contributed by atoms with Gasteiger partial charge < -0.3 is 10.2 Å². The standard InChI is InChI=1S/C30H47NO2/c1-5-30(33)17-14-27(3)21(18-30)7-8-22-24-10-9-23(28(24,4)13-12-25(22)27)20(2)6-11-26(32)29(19-31)15-16-29/h12,20-24,26,32-33H,5-11,13-18H2,1-4H3/t20-,21+,22+,23-,24+,26+,27+,28-,30+/m1/s1. The van der Waals surface area contributed by atoms with Gasteiger partial charge >= 0.3 is 0 Å². The van der Waals surface area contributed by atoms with Crippen molar-refractivity contribution in [2.24, 2.45) is 45.8 Å². The average Bonchev–Trinajstić information content (AvgIpc) is 3.53. The molecule has 0 aromatic rings. The Labute approximate surface area is 202 Å². The molecule has 0 radical (unpaired) electrons. The van der Waals surface area contributed by atoms with E-state index in [2.05, 4.69) is 39.8 Å². The van der Waals surface area contributed by atoms with E-state index in [0.29, 0.717) is 22.7 Å². The third-order valence-corrected chi connectivity index (χ3v) is 12.1. The van der Waals surface area contributed by atoms with Gasteiger partial charge in [-0.3, -0.25) is 0 Å². The summed E-state index contributed by atoms with van der Waals surface area (Å²) in [6, 6.07) is 2.39. The molecule has 4 fully saturated rings. The number of nitriles is 1. The SMILES string of the molecule is CC[C@]1(O)CC[C@]2(C)C3=CC[C@]4(C)[C@@H]([C@H](C)CC[C@H](O)C5(C#N)CC5)CC[C@H]4[C@@H]3CC[C@H]2C1. The van der Waals surface area contributed by atoms with Gasteiger partial charge in [0.15, 0.2) is 0 Å². The minimum atomic E-state index is -0.434. The van der Waals surface area contributed by atoms with Crippen LogP contribution in [-0.2, 0) is 0 Å². The van der Waals surface area contributed by atoms with E-state index in [1.807, 2.05) is 0 Å². The fraction of sp³-hybridized carbons (Fsp3) is 0.900. The van der Waals surface area contributed by atoms with Crippen molar-refractivity contribution >= 4 is 0 Å². The molecule has 5 aliphatic rings. The zero-order chi connectivity index (χ0) is 23.6. The Morgan fingerprint density at radius 1 is 1.09 bits per heavy atom. The summed E-state index contributed by atoms with van der Waals surface area (Å²) in [5.74, 6) is 3.53. The van der Waals surface area contributed by atoms with Gasteiger partial charge in [-0.1, -0.05) is 39.3 Å². The number of aliphatic hydroxyl groups is 2. The van der Waals surface area contributed by atoms with Crippen molar-refractivity contribution in [3.63, 3.8) is 0 Å². The minimum Gasteiger partial charge on any atom is -0.391 e. The molecular formula is C30H47NO2. The molecule has 4 saturated carbocycles. The Bertz CT molecular complexity index is 839. The van der Waals surface area contributed by atoms with Crippen molar-refractivity contribution in [2.75, 3.05) is 0 Å². The van der Waals surface area contributed by atoms with Gasteiger partial charge in [0.25, 0.3) is 0 Å². The highest BCUT2D eigenvalue weighted by Gasteiger charge is 2.59. The van der Waals surface area contributed by atoms with Crippen LogP contribution in [-0.4, -0.2) is 21.9 Å². The number of allylic oxidation sites excluding steroid dienone is 2. The van der Waals surface area contributed by atoms with Gasteiger partial charge in [-0.2, -0.15) is 5.26 Å². The molecule has 2 N–H and O–H groups in total. The predicted octanol–water partition coefficient (Wildman–Crippen LogP) is 6.79. The van der Waals surface area contributed by atoms with Crippen molar-refractivity contribution in [1.29, 1.82) is 5.26 Å². The summed E-state index contributed by atoms with van der Waals surface area (Å²) in [6.45, 7) is 9.69. The van der Waals surface area contributed by atoms with Crippen LogP contribution in [0.5, 0.6) is 0 Å². The maximum absolute atomic E-state index is 11.0. The normalized spacial score (nSPS) is 47.4. The lowest BCUT2D eigenvalue weighted by molar-refractivity contribution is -0.0771. The quantitative estimate of drug-likeness (QED) is 0.435. The van der Waals surface area contributed by atoms with Crippen LogP contribution >= 0.6 is 0 Å². The first-order valence-electron chi connectivity index (χ1n) is 14.1. The first-order chi connectivity index (χ1) is 15.6. The van der Waals surface area contributed by atoms with Gasteiger partial charge in [0.1, 0.15) is 0 Å². The number of nitrogens with zero attached hydrogens (tertiary/aromatic N) is 1. The molecule has 3 heteroatoms. The molecule has 33 heavy (non-hydrogen) atoms. The second kappa shape index (κ2) is 8.09. The number of rotatable bonds is 6. The summed E-state index contributed by atoms with van der Waals surface area (Å²) >= 11 is 0. The molecule has 0 unspecified atom stereocenters. The molecule has 0 aliphatic heterocycles. The van der Waals surface area contributed by atoms with Gasteiger partial charge in [-0.15, -0.1) is 0 Å². The van der Waals surface area contributed by atoms with Crippen LogP contribution in [0.15, 0.2) is 11.6 Å². The highest BCUT2D eigenvalue weighted by Crippen LogP contribution is 2.67. The Kier molecular flexibility index (Phi) is 5.85. The summed E-state index contributed by atoms with van der Waals surface area (Å²) in [7, 11) is 0. The van der Waals surface area contributed by atoms with E-state index in [0.717, 1.165) is 69.1 Å². The first-order valence-corrected chi connectivity index (χ1v) is 14.1. The Morgan fingerprint density at radius 2 is 1.85 bits per heavy atom. The largest absolute Gasteiger partial charge is 0.391 e. The van der Waals surface area contributed by atoms with E-state index in [1.54, 1.807) is 5.57 Å². The van der Waals surface area contributed by atoms with Crippen LogP contribution in [0.3, 0.4) is 0 Å². The molecule has 0 saturated heterocycles. The Balaban J connectivity index is 1.30. The molecule has 0 aromatic carbocycles. The van der Waals surface area contributed by atoms with E-state index >= 15 is 0 Å². The molecule has 184 valence electrons. The highest BCUT2D eigenvalue weighted by molar-refractivity contribution is 5.29. The lowest BCUT2D eigenvalue weighted by Crippen LogP contribution is -2.51. The maximum Gasteiger partial charge on any atom is 0.0833 e. The molecule has 0 aromatic heterocycles. The van der Waals surface area contributed by atoms with E-state index in [9.17, 15) is 15.5 Å². The van der Waals surface area contributed by atoms with Gasteiger partial charge in [0.2, 0.25) is 0 Å². The summed E-state index contributed by atoms with van der Waals surface area (Å²) in [5.41, 5.74) is 1.61. The molecule has 9 atom stereocenters. The lowest BCUT2D eigenvalue weighted by Gasteiger charge is -2.58. The second-order valence-electron chi connectivity index (χ2n) is 13.6. The Hall–Kier alpha value is -0.850. The summed E-state index contributed by atoms with van der Waals surface area (Å²) in [4.78, 5) is 0. The van der Waals surface area contributed by atoms with Gasteiger partial charge in [0.05, 0.1) is 23.2 Å². The van der Waals surface area contributed by atoms with Crippen LogP contribution in [0.25, 0.3) is 0 Å². The van der Waals surface area contributed by atoms with Gasteiger partial charge in [-0.25, -0.2) is 0 Å². The van der Waals surface area contributed by atoms with Crippen LogP contribution in [0.2, 0.25) is 0 Å². The molecule has 3 nitrogen and oxygen atoms in total. The summed E-state index contributed by atoms with van der Waals surface area (Å²) < 4.78 is 0. The van der Waals surface area contributed by atoms with Crippen LogP contribution in [0, 0.1) is 57.2 Å². The fourth-order valence-electron chi connectivity index (χ4n) is 9.44. The zero-order valence-corrected chi connectivity index (χ0v) is 21.6. The van der Waals surface area contributed by atoms with E-state index < -0.39 is 17.1 Å². The first kappa shape index (κ1) is 23.9. The monoisotopic (exact) mass is 453 g/mol. The summed E-state index contributed by atoms with van der Waals surface area (Å²) in [6.07, 6.45) is 16.4. The van der Waals surface area contributed by atoms with E-state index in [4.69, 9.17) is 0 Å². The molecule has 0 bridgehead atoms. The number of fused-ring (bicyclic) bond motifs is 5. The second-order valence-corrected chi connectivity index (χ2v) is 13.6. The van der Waals surface area contributed by atoms with E-state index in [-0.39, 0.29) is 0 Å². The number of hydrogen-bond acceptors (Lipinski definition) is 3. The fourth-order valence-corrected chi connectivity index (χ4v) is 9.44. The summed E-state index contributed by atoms with van der Waals surface area (Å²) in [5, 5.41) is 31.1. The van der Waals surface area contributed by atoms with Crippen LogP contribution in [0.4, 0.5) is 0 Å². The molecular weight excluding hydrogens is 406 g/mol. The smallest absolute Gasteiger partial charge is 0.0833 e. The maximum atomic E-state index is 11.0. The Morgan fingerprint density at radius 3 is 2.52 bits per heavy atom. The van der Waals surface area contributed by atoms with Crippen molar-refractivity contribution in [3.8, 4) is 6.07 Å². The van der Waals surface area contributed by atoms with Crippen molar-refractivity contribution < 1.29 is 10.2 Å². The number of aliphatic hydroxyl groups excluding tert-OH is 1.